The second-order valence-corrected chi connectivity index (χ2v) is 18.4. The van der Waals surface area contributed by atoms with E-state index in [0.717, 1.165) is 4.31 Å². The third kappa shape index (κ3) is 12.5. The van der Waals surface area contributed by atoms with E-state index in [0.29, 0.717) is 29.7 Å². The van der Waals surface area contributed by atoms with Gasteiger partial charge in [-0.3, -0.25) is 23.4 Å². The van der Waals surface area contributed by atoms with Crippen LogP contribution in [0, 0.1) is 0 Å². The first kappa shape index (κ1) is 43.3. The van der Waals surface area contributed by atoms with Gasteiger partial charge >= 0.3 is 18.0 Å². The van der Waals surface area contributed by atoms with E-state index < -0.39 is 45.4 Å². The zero-order chi connectivity index (χ0) is 40.9. The molecule has 0 saturated carbocycles. The molecule has 0 aliphatic heterocycles. The van der Waals surface area contributed by atoms with Crippen molar-refractivity contribution in [1.82, 2.24) is 20.1 Å². The summed E-state index contributed by atoms with van der Waals surface area (Å²) in [6, 6.07) is 13.9. The van der Waals surface area contributed by atoms with Crippen LogP contribution in [0.3, 0.4) is 0 Å². The maximum atomic E-state index is 14.0. The summed E-state index contributed by atoms with van der Waals surface area (Å²) in [5.74, 6) is -0.457. The predicted molar refractivity (Wildman–Crippen MR) is 213 cm³/mol. The van der Waals surface area contributed by atoms with Crippen LogP contribution in [-0.4, -0.2) is 84.2 Å². The topological polar surface area (TPSA) is 162 Å². The minimum atomic E-state index is -4.35. The van der Waals surface area contributed by atoms with Gasteiger partial charge < -0.3 is 19.5 Å². The maximum absolute atomic E-state index is 14.0. The lowest BCUT2D eigenvalue weighted by Crippen LogP contribution is -2.39. The summed E-state index contributed by atoms with van der Waals surface area (Å²) in [4.78, 5) is 39.5. The van der Waals surface area contributed by atoms with Crippen LogP contribution < -0.4 is 14.5 Å². The van der Waals surface area contributed by atoms with Crippen LogP contribution in [0.4, 0.5) is 16.3 Å². The number of hydrogen-bond donors (Lipinski definition) is 1. The van der Waals surface area contributed by atoms with Gasteiger partial charge in [-0.1, -0.05) is 23.2 Å². The predicted octanol–water partition coefficient (Wildman–Crippen LogP) is 7.33. The minimum absolute atomic E-state index is 0.0267. The minimum Gasteiger partial charge on any atom is -0.459 e. The Morgan fingerprint density at radius 3 is 1.98 bits per heavy atom. The first-order valence-corrected chi connectivity index (χ1v) is 19.7. The number of rotatable bonds is 13. The molecule has 0 saturated heterocycles. The summed E-state index contributed by atoms with van der Waals surface area (Å²) in [5, 5.41) is 12.6. The number of fused-ring (bicyclic) bond motifs is 1. The Balaban J connectivity index is 1.60. The normalized spacial score (nSPS) is 12.3. The number of aromatic nitrogens is 3. The third-order valence-corrected chi connectivity index (χ3v) is 9.46. The van der Waals surface area contributed by atoms with Crippen LogP contribution in [0.15, 0.2) is 65.7 Å². The highest BCUT2D eigenvalue weighted by molar-refractivity contribution is 7.92. The van der Waals surface area contributed by atoms with Gasteiger partial charge in [-0.05, 0) is 130 Å². The first-order valence-electron chi connectivity index (χ1n) is 17.5. The van der Waals surface area contributed by atoms with Crippen molar-refractivity contribution >= 4 is 73.7 Å². The van der Waals surface area contributed by atoms with Crippen LogP contribution >= 0.6 is 23.2 Å². The molecule has 0 radical (unpaired) electrons. The lowest BCUT2D eigenvalue weighted by molar-refractivity contribution is -0.154. The van der Waals surface area contributed by atoms with E-state index >= 15 is 0 Å². The van der Waals surface area contributed by atoms with E-state index in [1.54, 1.807) is 109 Å². The fourth-order valence-electron chi connectivity index (χ4n) is 5.23. The molecule has 2 heterocycles. The summed E-state index contributed by atoms with van der Waals surface area (Å²) < 4.78 is 47.1. The van der Waals surface area contributed by atoms with Gasteiger partial charge in [0.1, 0.15) is 23.3 Å². The molecule has 0 spiro atoms. The molecule has 17 heteroatoms. The molecule has 55 heavy (non-hydrogen) atoms. The van der Waals surface area contributed by atoms with Gasteiger partial charge in [0.05, 0.1) is 22.6 Å². The highest BCUT2D eigenvalue weighted by Gasteiger charge is 2.31. The number of hydrogen-bond acceptors (Lipinski definition) is 11. The average molecular weight is 820 g/mol. The van der Waals surface area contributed by atoms with Crippen molar-refractivity contribution in [1.29, 1.82) is 0 Å². The van der Waals surface area contributed by atoms with Crippen molar-refractivity contribution in [3.05, 3.63) is 70.8 Å². The standard InChI is InChI=1S/C38H48Cl2N6O8S/c1-36(2,3)52-33(47)23-41-16-10-17-45(35(49)54-38(7,8)9)32-14-13-31(42-43-32)44-18-15-25-19-28(11-12-30(25)44)46(24-34(48)53-37(4,5)6)55(50,51)29-21-26(39)20-27(40)22-29/h11-15,18-22,41H,10,16-17,23-24H2,1-9H3. The van der Waals surface area contributed by atoms with Crippen LogP contribution in [0.5, 0.6) is 0 Å². The van der Waals surface area contributed by atoms with Crippen molar-refractivity contribution in [3.8, 4) is 5.82 Å². The monoisotopic (exact) mass is 818 g/mol. The molecular weight excluding hydrogens is 771 g/mol. The average Bonchev–Trinajstić information content (AvgIpc) is 3.46. The van der Waals surface area contributed by atoms with Crippen LogP contribution in [0.25, 0.3) is 16.7 Å². The number of nitrogens with zero attached hydrogens (tertiary/aromatic N) is 5. The molecular formula is C38H48Cl2N6O8S. The summed E-state index contributed by atoms with van der Waals surface area (Å²) in [6.07, 6.45) is 1.61. The highest BCUT2D eigenvalue weighted by atomic mass is 35.5. The Labute approximate surface area is 332 Å². The zero-order valence-corrected chi connectivity index (χ0v) is 34.8. The lowest BCUT2D eigenvalue weighted by atomic mass is 10.2. The molecule has 2 aromatic heterocycles. The zero-order valence-electron chi connectivity index (χ0n) is 32.5. The molecule has 4 rings (SSSR count). The van der Waals surface area contributed by atoms with Crippen LogP contribution in [0.1, 0.15) is 68.7 Å². The number of sulfonamides is 1. The third-order valence-electron chi connectivity index (χ3n) is 7.28. The number of amides is 1. The number of carbonyl (C=O) groups is 3. The van der Waals surface area contributed by atoms with Gasteiger partial charge in [-0.25, -0.2) is 13.2 Å². The Bertz CT molecular complexity index is 2100. The van der Waals surface area contributed by atoms with E-state index in [4.69, 9.17) is 37.4 Å². The molecule has 14 nitrogen and oxygen atoms in total. The quantitative estimate of drug-likeness (QED) is 0.0817. The molecule has 4 aromatic rings. The largest absolute Gasteiger partial charge is 0.459 e. The number of anilines is 2. The Morgan fingerprint density at radius 1 is 0.782 bits per heavy atom. The van der Waals surface area contributed by atoms with E-state index in [1.165, 1.54) is 23.1 Å². The molecule has 0 atom stereocenters. The van der Waals surface area contributed by atoms with Gasteiger partial charge in [0, 0.05) is 28.2 Å². The number of benzene rings is 2. The van der Waals surface area contributed by atoms with Crippen molar-refractivity contribution in [2.45, 2.75) is 90.4 Å². The molecule has 298 valence electrons. The Hall–Kier alpha value is -4.44. The summed E-state index contributed by atoms with van der Waals surface area (Å²) in [7, 11) is -4.35. The van der Waals surface area contributed by atoms with Crippen molar-refractivity contribution in [3.63, 3.8) is 0 Å². The second kappa shape index (κ2) is 17.1. The van der Waals surface area contributed by atoms with Gasteiger partial charge in [-0.15, -0.1) is 10.2 Å². The first-order chi connectivity index (χ1) is 25.4. The number of halogens is 2. The number of carbonyl (C=O) groups excluding carboxylic acids is 3. The van der Waals surface area contributed by atoms with Gasteiger partial charge in [-0.2, -0.15) is 0 Å². The van der Waals surface area contributed by atoms with Gasteiger partial charge in [0.15, 0.2) is 11.6 Å². The molecule has 1 N–H and O–H groups in total. The van der Waals surface area contributed by atoms with Crippen molar-refractivity contribution < 1.29 is 37.0 Å². The SMILES string of the molecule is CC(C)(C)OC(=O)CNCCCN(C(=O)OC(C)(C)C)c1ccc(-n2ccc3cc(N(CC(=O)OC(C)(C)C)S(=O)(=O)c4cc(Cl)cc(Cl)c4)ccc32)nn1. The van der Waals surface area contributed by atoms with Crippen molar-refractivity contribution in [2.24, 2.45) is 0 Å². The fraction of sp³-hybridized carbons (Fsp3) is 0.447. The van der Waals surface area contributed by atoms with Crippen LogP contribution in [0.2, 0.25) is 10.0 Å². The molecule has 0 unspecified atom stereocenters. The smallest absolute Gasteiger partial charge is 0.416 e. The number of esters is 2. The van der Waals surface area contributed by atoms with Crippen LogP contribution in [-0.2, 0) is 33.8 Å². The molecule has 0 aliphatic rings. The molecule has 2 aromatic carbocycles. The molecule has 1 amide bonds. The number of nitrogens with one attached hydrogen (secondary N) is 1. The number of ether oxygens (including phenoxy) is 3. The van der Waals surface area contributed by atoms with E-state index in [1.807, 2.05) is 0 Å². The van der Waals surface area contributed by atoms with Gasteiger partial charge in [0.25, 0.3) is 10.0 Å². The molecule has 0 aliphatic carbocycles. The second-order valence-electron chi connectivity index (χ2n) is 15.6. The Morgan fingerprint density at radius 2 is 1.40 bits per heavy atom. The summed E-state index contributed by atoms with van der Waals surface area (Å²) >= 11 is 12.3. The molecule has 0 bridgehead atoms. The highest BCUT2D eigenvalue weighted by Crippen LogP contribution is 2.32. The lowest BCUT2D eigenvalue weighted by Gasteiger charge is -2.27. The summed E-state index contributed by atoms with van der Waals surface area (Å²) in [5.41, 5.74) is -1.35. The summed E-state index contributed by atoms with van der Waals surface area (Å²) in [6.45, 7) is 15.8. The molecule has 0 fully saturated rings. The van der Waals surface area contributed by atoms with E-state index in [2.05, 4.69) is 15.5 Å². The Kier molecular flexibility index (Phi) is 13.5. The van der Waals surface area contributed by atoms with Crippen molar-refractivity contribution in [2.75, 3.05) is 35.4 Å². The van der Waals surface area contributed by atoms with Gasteiger partial charge in [0.2, 0.25) is 0 Å². The van der Waals surface area contributed by atoms with E-state index in [9.17, 15) is 22.8 Å². The maximum Gasteiger partial charge on any atom is 0.416 e. The van der Waals surface area contributed by atoms with E-state index in [-0.39, 0.29) is 45.5 Å². The fourth-order valence-corrected chi connectivity index (χ4v) is 7.36.